The van der Waals surface area contributed by atoms with E-state index in [9.17, 15) is 4.79 Å². The topological polar surface area (TPSA) is 41.1 Å². The highest BCUT2D eigenvalue weighted by molar-refractivity contribution is 6.18. The Morgan fingerprint density at radius 2 is 2.14 bits per heavy atom. The molecule has 1 rings (SSSR count). The summed E-state index contributed by atoms with van der Waals surface area (Å²) in [6.45, 7) is 0.648. The van der Waals surface area contributed by atoms with Gasteiger partial charge in [-0.1, -0.05) is 12.1 Å². The summed E-state index contributed by atoms with van der Waals surface area (Å²) in [6, 6.07) is 7.34. The van der Waals surface area contributed by atoms with Crippen molar-refractivity contribution in [3.8, 4) is 0 Å². The molecule has 0 heterocycles. The lowest BCUT2D eigenvalue weighted by Crippen LogP contribution is -2.19. The van der Waals surface area contributed by atoms with Gasteiger partial charge in [0.25, 0.3) is 5.91 Å². The van der Waals surface area contributed by atoms with Crippen LogP contribution in [0.15, 0.2) is 24.3 Å². The van der Waals surface area contributed by atoms with Crippen molar-refractivity contribution in [2.24, 2.45) is 0 Å². The van der Waals surface area contributed by atoms with Crippen molar-refractivity contribution in [3.63, 3.8) is 0 Å². The minimum atomic E-state index is -0.0947. The van der Waals surface area contributed by atoms with Gasteiger partial charge in [0, 0.05) is 25.2 Å². The van der Waals surface area contributed by atoms with Gasteiger partial charge in [-0.2, -0.15) is 0 Å². The third-order valence-corrected chi connectivity index (χ3v) is 2.00. The molecule has 0 aromatic heterocycles. The highest BCUT2D eigenvalue weighted by Crippen LogP contribution is 2.14. The molecule has 76 valence electrons. The minimum absolute atomic E-state index is 0.0947. The average Bonchev–Trinajstić information content (AvgIpc) is 2.25. The lowest BCUT2D eigenvalue weighted by Gasteiger charge is -2.09. The predicted molar refractivity (Wildman–Crippen MR) is 59.0 cm³/mol. The van der Waals surface area contributed by atoms with E-state index in [1.165, 1.54) is 0 Å². The fourth-order valence-corrected chi connectivity index (χ4v) is 1.25. The second-order valence-electron chi connectivity index (χ2n) is 2.74. The number of carbonyl (C=O) groups is 1. The molecule has 3 nitrogen and oxygen atoms in total. The average molecular weight is 213 g/mol. The van der Waals surface area contributed by atoms with Gasteiger partial charge in [-0.3, -0.25) is 4.79 Å². The first-order valence-corrected chi connectivity index (χ1v) is 4.94. The minimum Gasteiger partial charge on any atom is -0.383 e. The molecule has 4 heteroatoms. The first-order chi connectivity index (χ1) is 6.79. The predicted octanol–water partition coefficient (Wildman–Crippen LogP) is 1.70. The summed E-state index contributed by atoms with van der Waals surface area (Å²) in [5.74, 6) is 0.421. The molecule has 0 spiro atoms. The number of para-hydroxylation sites is 1. The monoisotopic (exact) mass is 212 g/mol. The van der Waals surface area contributed by atoms with Crippen molar-refractivity contribution in [2.45, 2.75) is 0 Å². The van der Waals surface area contributed by atoms with Crippen molar-refractivity contribution in [3.05, 3.63) is 29.8 Å². The third-order valence-electron chi connectivity index (χ3n) is 1.81. The van der Waals surface area contributed by atoms with Gasteiger partial charge in [0.1, 0.15) is 0 Å². The van der Waals surface area contributed by atoms with Crippen LogP contribution in [-0.4, -0.2) is 25.4 Å². The molecule has 0 radical (unpaired) electrons. The smallest absolute Gasteiger partial charge is 0.253 e. The molecule has 0 saturated carbocycles. The molecule has 1 amide bonds. The summed E-state index contributed by atoms with van der Waals surface area (Å²) in [5.41, 5.74) is 1.45. The number of hydrogen-bond donors (Lipinski definition) is 2. The maximum Gasteiger partial charge on any atom is 0.253 e. The summed E-state index contributed by atoms with van der Waals surface area (Å²) >= 11 is 5.55. The second kappa shape index (κ2) is 5.50. The van der Waals surface area contributed by atoms with Gasteiger partial charge in [0.05, 0.1) is 5.56 Å². The number of halogens is 1. The van der Waals surface area contributed by atoms with Gasteiger partial charge in [-0.25, -0.2) is 0 Å². The van der Waals surface area contributed by atoms with Crippen LogP contribution in [0.2, 0.25) is 0 Å². The molecule has 1 aromatic rings. The van der Waals surface area contributed by atoms with Crippen molar-refractivity contribution < 1.29 is 4.79 Å². The van der Waals surface area contributed by atoms with Crippen LogP contribution in [0, 0.1) is 0 Å². The molecule has 0 unspecified atom stereocenters. The Morgan fingerprint density at radius 3 is 2.79 bits per heavy atom. The van der Waals surface area contributed by atoms with E-state index in [4.69, 9.17) is 11.6 Å². The normalized spacial score (nSPS) is 9.57. The number of benzene rings is 1. The van der Waals surface area contributed by atoms with Crippen LogP contribution in [0.1, 0.15) is 10.4 Å². The van der Waals surface area contributed by atoms with E-state index < -0.39 is 0 Å². The van der Waals surface area contributed by atoms with E-state index in [0.29, 0.717) is 18.0 Å². The summed E-state index contributed by atoms with van der Waals surface area (Å²) < 4.78 is 0. The summed E-state index contributed by atoms with van der Waals surface area (Å²) in [5, 5.41) is 5.67. The van der Waals surface area contributed by atoms with E-state index in [1.807, 2.05) is 18.2 Å². The molecule has 1 aromatic carbocycles. The van der Waals surface area contributed by atoms with E-state index >= 15 is 0 Å². The Kier molecular flexibility index (Phi) is 4.26. The molecule has 2 N–H and O–H groups in total. The number of alkyl halides is 1. The van der Waals surface area contributed by atoms with Crippen LogP contribution in [0.25, 0.3) is 0 Å². The van der Waals surface area contributed by atoms with Crippen molar-refractivity contribution >= 4 is 23.2 Å². The van der Waals surface area contributed by atoms with Crippen molar-refractivity contribution in [2.75, 3.05) is 24.8 Å². The van der Waals surface area contributed by atoms with Crippen molar-refractivity contribution in [1.29, 1.82) is 0 Å². The number of rotatable bonds is 4. The molecule has 14 heavy (non-hydrogen) atoms. The van der Waals surface area contributed by atoms with Gasteiger partial charge < -0.3 is 10.6 Å². The number of hydrogen-bond acceptors (Lipinski definition) is 2. The Hall–Kier alpha value is -1.22. The van der Waals surface area contributed by atoms with Gasteiger partial charge in [0.2, 0.25) is 0 Å². The summed E-state index contributed by atoms with van der Waals surface area (Å²) in [7, 11) is 1.61. The second-order valence-corrected chi connectivity index (χ2v) is 3.12. The molecular formula is C10H13ClN2O. The van der Waals surface area contributed by atoms with Crippen LogP contribution in [0.5, 0.6) is 0 Å². The lowest BCUT2D eigenvalue weighted by atomic mass is 10.1. The molecular weight excluding hydrogens is 200 g/mol. The molecule has 0 atom stereocenters. The number of carbonyl (C=O) groups excluding carboxylic acids is 1. The lowest BCUT2D eigenvalue weighted by molar-refractivity contribution is 0.0964. The Balaban J connectivity index is 2.85. The Bertz CT molecular complexity index is 315. The van der Waals surface area contributed by atoms with Crippen LogP contribution in [0.3, 0.4) is 0 Å². The van der Waals surface area contributed by atoms with E-state index in [0.717, 1.165) is 5.69 Å². The van der Waals surface area contributed by atoms with Crippen molar-refractivity contribution in [1.82, 2.24) is 5.32 Å². The molecule has 0 aliphatic heterocycles. The highest BCUT2D eigenvalue weighted by Gasteiger charge is 2.07. The maximum absolute atomic E-state index is 11.4. The number of nitrogens with one attached hydrogen (secondary N) is 2. The van der Waals surface area contributed by atoms with Gasteiger partial charge in [0.15, 0.2) is 0 Å². The zero-order valence-electron chi connectivity index (χ0n) is 8.01. The first kappa shape index (κ1) is 10.9. The van der Waals surface area contributed by atoms with Crippen LogP contribution in [0.4, 0.5) is 5.69 Å². The molecule has 0 bridgehead atoms. The zero-order valence-corrected chi connectivity index (χ0v) is 8.77. The van der Waals surface area contributed by atoms with Gasteiger partial charge in [-0.15, -0.1) is 11.6 Å². The van der Waals surface area contributed by atoms with E-state index in [-0.39, 0.29) is 5.91 Å². The zero-order chi connectivity index (χ0) is 10.4. The van der Waals surface area contributed by atoms with Crippen LogP contribution >= 0.6 is 11.6 Å². The quantitative estimate of drug-likeness (QED) is 0.746. The number of amides is 1. The third kappa shape index (κ3) is 2.64. The van der Waals surface area contributed by atoms with Gasteiger partial charge >= 0.3 is 0 Å². The Labute approximate surface area is 88.5 Å². The summed E-state index contributed by atoms with van der Waals surface area (Å²) in [6.07, 6.45) is 0. The molecule has 0 aliphatic rings. The van der Waals surface area contributed by atoms with Crippen LogP contribution < -0.4 is 10.6 Å². The van der Waals surface area contributed by atoms with Crippen LogP contribution in [-0.2, 0) is 0 Å². The Morgan fingerprint density at radius 1 is 1.43 bits per heavy atom. The first-order valence-electron chi connectivity index (χ1n) is 4.40. The fraction of sp³-hybridized carbons (Fsp3) is 0.300. The maximum atomic E-state index is 11.4. The SMILES string of the molecule is CNC(=O)c1ccccc1NCCCl. The number of anilines is 1. The molecule has 0 saturated heterocycles. The largest absolute Gasteiger partial charge is 0.383 e. The van der Waals surface area contributed by atoms with E-state index in [2.05, 4.69) is 10.6 Å². The standard InChI is InChI=1S/C10H13ClN2O/c1-12-10(14)8-4-2-3-5-9(8)13-7-6-11/h2-5,13H,6-7H2,1H3,(H,12,14). The molecule has 0 aliphatic carbocycles. The van der Waals surface area contributed by atoms with E-state index in [1.54, 1.807) is 13.1 Å². The fourth-order valence-electron chi connectivity index (χ4n) is 1.15. The summed E-state index contributed by atoms with van der Waals surface area (Å²) in [4.78, 5) is 11.4. The highest BCUT2D eigenvalue weighted by atomic mass is 35.5. The molecule has 0 fully saturated rings. The van der Waals surface area contributed by atoms with Gasteiger partial charge in [-0.05, 0) is 12.1 Å².